The summed E-state index contributed by atoms with van der Waals surface area (Å²) in [6, 6.07) is 7.58. The fraction of sp³-hybridized carbons (Fsp3) is 0.273. The molecular weight excluding hydrogens is 162 g/mol. The van der Waals surface area contributed by atoms with Crippen LogP contribution in [0.2, 0.25) is 0 Å². The van der Waals surface area contributed by atoms with Crippen LogP contribution in [0.1, 0.15) is 18.5 Å². The molecule has 0 saturated heterocycles. The van der Waals surface area contributed by atoms with Crippen LogP contribution in [0.3, 0.4) is 0 Å². The first-order valence-corrected chi connectivity index (χ1v) is 4.20. The Morgan fingerprint density at radius 1 is 1.46 bits per heavy atom. The smallest absolute Gasteiger partial charge is 0.123 e. The average Bonchev–Trinajstić information content (AvgIpc) is 2.16. The number of hydrogen-bond acceptors (Lipinski definition) is 2. The van der Waals surface area contributed by atoms with Gasteiger partial charge in [0, 0.05) is 5.56 Å². The standard InChI is InChI=1S/C11H15NO/c1-8(2)11(12)9-6-4-5-7-10(9)13-3/h4-7,11H,1,12H2,2-3H3. The van der Waals surface area contributed by atoms with Crippen molar-refractivity contribution < 1.29 is 4.74 Å². The summed E-state index contributed by atoms with van der Waals surface area (Å²) in [5, 5.41) is 0. The minimum atomic E-state index is -0.142. The summed E-state index contributed by atoms with van der Waals surface area (Å²) in [6.07, 6.45) is 0. The van der Waals surface area contributed by atoms with Gasteiger partial charge in [-0.1, -0.05) is 30.4 Å². The molecule has 1 rings (SSSR count). The van der Waals surface area contributed by atoms with Crippen molar-refractivity contribution in [3.63, 3.8) is 0 Å². The Hall–Kier alpha value is -1.28. The summed E-state index contributed by atoms with van der Waals surface area (Å²) in [6.45, 7) is 5.74. The molecule has 0 heterocycles. The lowest BCUT2D eigenvalue weighted by Gasteiger charge is -2.15. The third-order valence-corrected chi connectivity index (χ3v) is 2.00. The Morgan fingerprint density at radius 3 is 2.62 bits per heavy atom. The van der Waals surface area contributed by atoms with Crippen molar-refractivity contribution in [3.05, 3.63) is 42.0 Å². The summed E-state index contributed by atoms with van der Waals surface area (Å²) in [5.41, 5.74) is 7.85. The number of methoxy groups -OCH3 is 1. The van der Waals surface area contributed by atoms with Gasteiger partial charge < -0.3 is 10.5 Å². The molecule has 0 radical (unpaired) electrons. The molecule has 0 bridgehead atoms. The van der Waals surface area contributed by atoms with Crippen molar-refractivity contribution in [3.8, 4) is 5.75 Å². The van der Waals surface area contributed by atoms with Crippen LogP contribution in [0.5, 0.6) is 5.75 Å². The SMILES string of the molecule is C=C(C)C(N)c1ccccc1OC. The molecule has 1 aromatic rings. The van der Waals surface area contributed by atoms with E-state index in [-0.39, 0.29) is 6.04 Å². The summed E-state index contributed by atoms with van der Waals surface area (Å²) < 4.78 is 5.20. The second-order valence-electron chi connectivity index (χ2n) is 3.07. The monoisotopic (exact) mass is 177 g/mol. The summed E-state index contributed by atoms with van der Waals surface area (Å²) in [5.74, 6) is 0.818. The quantitative estimate of drug-likeness (QED) is 0.719. The van der Waals surface area contributed by atoms with Gasteiger partial charge in [-0.15, -0.1) is 0 Å². The Labute approximate surface area is 79.0 Å². The largest absolute Gasteiger partial charge is 0.496 e. The van der Waals surface area contributed by atoms with Crippen LogP contribution in [0.15, 0.2) is 36.4 Å². The summed E-state index contributed by atoms with van der Waals surface area (Å²) in [4.78, 5) is 0. The maximum atomic E-state index is 5.93. The van der Waals surface area contributed by atoms with Crippen molar-refractivity contribution in [2.45, 2.75) is 13.0 Å². The Balaban J connectivity index is 3.05. The number of nitrogens with two attached hydrogens (primary N) is 1. The van der Waals surface area contributed by atoms with Gasteiger partial charge in [-0.05, 0) is 13.0 Å². The van der Waals surface area contributed by atoms with Gasteiger partial charge in [0.25, 0.3) is 0 Å². The van der Waals surface area contributed by atoms with Crippen LogP contribution in [0.4, 0.5) is 0 Å². The summed E-state index contributed by atoms with van der Waals surface area (Å²) >= 11 is 0. The van der Waals surface area contributed by atoms with Crippen LogP contribution in [-0.2, 0) is 0 Å². The topological polar surface area (TPSA) is 35.2 Å². The van der Waals surface area contributed by atoms with Crippen molar-refractivity contribution >= 4 is 0 Å². The van der Waals surface area contributed by atoms with Gasteiger partial charge in [0.1, 0.15) is 5.75 Å². The number of hydrogen-bond donors (Lipinski definition) is 1. The van der Waals surface area contributed by atoms with E-state index in [1.807, 2.05) is 31.2 Å². The molecular formula is C11H15NO. The Morgan fingerprint density at radius 2 is 2.08 bits per heavy atom. The van der Waals surface area contributed by atoms with Gasteiger partial charge in [-0.2, -0.15) is 0 Å². The fourth-order valence-electron chi connectivity index (χ4n) is 1.19. The second-order valence-corrected chi connectivity index (χ2v) is 3.07. The normalized spacial score (nSPS) is 12.2. The van der Waals surface area contributed by atoms with E-state index in [1.165, 1.54) is 0 Å². The lowest BCUT2D eigenvalue weighted by Crippen LogP contribution is -2.11. The molecule has 1 unspecified atom stereocenters. The van der Waals surface area contributed by atoms with Crippen LogP contribution in [-0.4, -0.2) is 7.11 Å². The van der Waals surface area contributed by atoms with E-state index in [0.29, 0.717) is 0 Å². The van der Waals surface area contributed by atoms with Crippen LogP contribution < -0.4 is 10.5 Å². The number of rotatable bonds is 3. The molecule has 0 spiro atoms. The molecule has 1 atom stereocenters. The molecule has 2 N–H and O–H groups in total. The van der Waals surface area contributed by atoms with E-state index in [9.17, 15) is 0 Å². The highest BCUT2D eigenvalue weighted by molar-refractivity contribution is 5.38. The number of ether oxygens (including phenoxy) is 1. The van der Waals surface area contributed by atoms with Gasteiger partial charge in [0.2, 0.25) is 0 Å². The molecule has 70 valence electrons. The third kappa shape index (κ3) is 2.10. The molecule has 1 aromatic carbocycles. The van der Waals surface area contributed by atoms with Crippen molar-refractivity contribution in [2.24, 2.45) is 5.73 Å². The molecule has 0 aromatic heterocycles. The maximum absolute atomic E-state index is 5.93. The maximum Gasteiger partial charge on any atom is 0.123 e. The van der Waals surface area contributed by atoms with E-state index in [2.05, 4.69) is 6.58 Å². The van der Waals surface area contributed by atoms with Crippen LogP contribution in [0.25, 0.3) is 0 Å². The molecule has 13 heavy (non-hydrogen) atoms. The molecule has 0 aliphatic rings. The fourth-order valence-corrected chi connectivity index (χ4v) is 1.19. The predicted octanol–water partition coefficient (Wildman–Crippen LogP) is 2.27. The Kier molecular flexibility index (Phi) is 3.09. The molecule has 0 aliphatic heterocycles. The highest BCUT2D eigenvalue weighted by atomic mass is 16.5. The van der Waals surface area contributed by atoms with E-state index in [0.717, 1.165) is 16.9 Å². The van der Waals surface area contributed by atoms with Gasteiger partial charge in [-0.25, -0.2) is 0 Å². The predicted molar refractivity (Wildman–Crippen MR) is 54.7 cm³/mol. The highest BCUT2D eigenvalue weighted by Crippen LogP contribution is 2.26. The van der Waals surface area contributed by atoms with Crippen LogP contribution in [0, 0.1) is 0 Å². The minimum Gasteiger partial charge on any atom is -0.496 e. The zero-order valence-electron chi connectivity index (χ0n) is 8.08. The van der Waals surface area contributed by atoms with E-state index >= 15 is 0 Å². The molecule has 0 fully saturated rings. The van der Waals surface area contributed by atoms with Gasteiger partial charge >= 0.3 is 0 Å². The minimum absolute atomic E-state index is 0.142. The number of benzene rings is 1. The van der Waals surface area contributed by atoms with Crippen molar-refractivity contribution in [2.75, 3.05) is 7.11 Å². The van der Waals surface area contributed by atoms with Gasteiger partial charge in [-0.3, -0.25) is 0 Å². The Bertz CT molecular complexity index is 307. The average molecular weight is 177 g/mol. The first-order valence-electron chi connectivity index (χ1n) is 4.20. The lowest BCUT2D eigenvalue weighted by atomic mass is 10.0. The highest BCUT2D eigenvalue weighted by Gasteiger charge is 2.10. The van der Waals surface area contributed by atoms with E-state index < -0.39 is 0 Å². The lowest BCUT2D eigenvalue weighted by molar-refractivity contribution is 0.407. The molecule has 2 nitrogen and oxygen atoms in total. The first-order chi connectivity index (χ1) is 6.16. The second kappa shape index (κ2) is 4.10. The first kappa shape index (κ1) is 9.81. The van der Waals surface area contributed by atoms with E-state index in [4.69, 9.17) is 10.5 Å². The van der Waals surface area contributed by atoms with Crippen molar-refractivity contribution in [1.82, 2.24) is 0 Å². The zero-order valence-corrected chi connectivity index (χ0v) is 8.08. The molecule has 0 saturated carbocycles. The zero-order chi connectivity index (χ0) is 9.84. The van der Waals surface area contributed by atoms with E-state index in [1.54, 1.807) is 7.11 Å². The van der Waals surface area contributed by atoms with Gasteiger partial charge in [0.15, 0.2) is 0 Å². The van der Waals surface area contributed by atoms with Gasteiger partial charge in [0.05, 0.1) is 13.2 Å². The van der Waals surface area contributed by atoms with Crippen LogP contribution >= 0.6 is 0 Å². The molecule has 2 heteroatoms. The third-order valence-electron chi connectivity index (χ3n) is 2.00. The summed E-state index contributed by atoms with van der Waals surface area (Å²) in [7, 11) is 1.64. The van der Waals surface area contributed by atoms with Crippen molar-refractivity contribution in [1.29, 1.82) is 0 Å². The molecule has 0 aliphatic carbocycles. The number of para-hydroxylation sites is 1. The molecule has 0 amide bonds.